The molecule has 110 valence electrons. The number of nitrogen functional groups attached to an aromatic ring is 1. The highest BCUT2D eigenvalue weighted by atomic mass is 32.2. The molecule has 0 aliphatic heterocycles. The van der Waals surface area contributed by atoms with Crippen LogP contribution in [0.5, 0.6) is 0 Å². The van der Waals surface area contributed by atoms with Gasteiger partial charge in [0.2, 0.25) is 14.9 Å². The van der Waals surface area contributed by atoms with Crippen LogP contribution >= 0.6 is 0 Å². The molecule has 0 atom stereocenters. The summed E-state index contributed by atoms with van der Waals surface area (Å²) in [4.78, 5) is 0. The van der Waals surface area contributed by atoms with E-state index < -0.39 is 15.1 Å². The number of aryl methyl sites for hydroxylation is 1. The van der Waals surface area contributed by atoms with Gasteiger partial charge in [-0.3, -0.25) is 0 Å². The highest BCUT2D eigenvalue weighted by Gasteiger charge is 2.27. The smallest absolute Gasteiger partial charge is 0.221 e. The molecule has 0 aliphatic carbocycles. The minimum Gasteiger partial charge on any atom is -0.381 e. The highest BCUT2D eigenvalue weighted by molar-refractivity contribution is 7.92. The van der Waals surface area contributed by atoms with E-state index in [1.807, 2.05) is 0 Å². The molecule has 0 fully saturated rings. The van der Waals surface area contributed by atoms with Crippen LogP contribution in [0.15, 0.2) is 5.03 Å². The quantitative estimate of drug-likeness (QED) is 0.739. The van der Waals surface area contributed by atoms with Gasteiger partial charge in [-0.15, -0.1) is 5.10 Å². The highest BCUT2D eigenvalue weighted by Crippen LogP contribution is 2.20. The zero-order valence-corrected chi connectivity index (χ0v) is 12.8. The second-order valence-corrected chi connectivity index (χ2v) is 7.43. The number of aromatic nitrogens is 3. The maximum atomic E-state index is 12.0. The predicted molar refractivity (Wildman–Crippen MR) is 75.5 cm³/mol. The van der Waals surface area contributed by atoms with Crippen LogP contribution in [0.3, 0.4) is 0 Å². The number of unbranched alkanes of at least 4 members (excludes halogenated alkanes) is 4. The molecule has 0 aromatic carbocycles. The monoisotopic (exact) mass is 288 g/mol. The Morgan fingerprint density at radius 1 is 1.21 bits per heavy atom. The van der Waals surface area contributed by atoms with Gasteiger partial charge in [-0.25, -0.2) is 13.1 Å². The molecule has 1 rings (SSSR count). The molecule has 0 amide bonds. The number of hydrogen-bond acceptors (Lipinski definition) is 5. The molecule has 1 aromatic rings. The Labute approximate surface area is 115 Å². The molecule has 19 heavy (non-hydrogen) atoms. The normalized spacial score (nSPS) is 12.2. The molecule has 6 nitrogen and oxygen atoms in total. The average Bonchev–Trinajstić information content (AvgIpc) is 2.71. The third-order valence-corrected chi connectivity index (χ3v) is 5.18. The van der Waals surface area contributed by atoms with Crippen molar-refractivity contribution in [3.8, 4) is 0 Å². The third kappa shape index (κ3) is 3.92. The van der Waals surface area contributed by atoms with Gasteiger partial charge in [0, 0.05) is 6.54 Å². The molecule has 0 saturated heterocycles. The lowest BCUT2D eigenvalue weighted by atomic mass is 10.1. The zero-order chi connectivity index (χ0) is 14.5. The molecule has 0 saturated carbocycles. The SMILES string of the molecule is CCCCCCCn1nnc(S(=O)(=O)C(C)C)c1N. The van der Waals surface area contributed by atoms with E-state index >= 15 is 0 Å². The Bertz CT molecular complexity index is 494. The van der Waals surface area contributed by atoms with E-state index in [-0.39, 0.29) is 10.8 Å². The summed E-state index contributed by atoms with van der Waals surface area (Å²) in [6.07, 6.45) is 5.64. The number of sulfone groups is 1. The van der Waals surface area contributed by atoms with Gasteiger partial charge in [0.05, 0.1) is 5.25 Å². The van der Waals surface area contributed by atoms with E-state index in [2.05, 4.69) is 17.2 Å². The molecule has 1 heterocycles. The van der Waals surface area contributed by atoms with E-state index in [4.69, 9.17) is 5.73 Å². The molecule has 0 radical (unpaired) electrons. The van der Waals surface area contributed by atoms with Crippen LogP contribution in [0.1, 0.15) is 52.9 Å². The summed E-state index contributed by atoms with van der Waals surface area (Å²) < 4.78 is 25.5. The summed E-state index contributed by atoms with van der Waals surface area (Å²) in [6.45, 7) is 6.01. The molecule has 7 heteroatoms. The Morgan fingerprint density at radius 3 is 2.42 bits per heavy atom. The molecule has 0 spiro atoms. The minimum absolute atomic E-state index is 0.0870. The number of anilines is 1. The van der Waals surface area contributed by atoms with Crippen LogP contribution in [-0.4, -0.2) is 28.7 Å². The lowest BCUT2D eigenvalue weighted by molar-refractivity contribution is 0.525. The van der Waals surface area contributed by atoms with Crippen LogP contribution in [-0.2, 0) is 16.4 Å². The first-order chi connectivity index (χ1) is 8.91. The fourth-order valence-electron chi connectivity index (χ4n) is 1.76. The van der Waals surface area contributed by atoms with Gasteiger partial charge in [-0.2, -0.15) is 0 Å². The van der Waals surface area contributed by atoms with E-state index in [9.17, 15) is 8.42 Å². The van der Waals surface area contributed by atoms with Gasteiger partial charge < -0.3 is 5.73 Å². The van der Waals surface area contributed by atoms with Crippen LogP contribution in [0.4, 0.5) is 5.82 Å². The molecule has 2 N–H and O–H groups in total. The van der Waals surface area contributed by atoms with Crippen molar-refractivity contribution in [2.75, 3.05) is 5.73 Å². The molecular formula is C12H24N4O2S. The van der Waals surface area contributed by atoms with E-state index in [1.165, 1.54) is 23.9 Å². The average molecular weight is 288 g/mol. The van der Waals surface area contributed by atoms with Crippen molar-refractivity contribution in [1.82, 2.24) is 15.0 Å². The number of nitrogens with zero attached hydrogens (tertiary/aromatic N) is 3. The summed E-state index contributed by atoms with van der Waals surface area (Å²) in [6, 6.07) is 0. The lowest BCUT2D eigenvalue weighted by Crippen LogP contribution is -2.16. The number of nitrogens with two attached hydrogens (primary N) is 1. The van der Waals surface area contributed by atoms with Gasteiger partial charge in [-0.05, 0) is 20.3 Å². The van der Waals surface area contributed by atoms with Gasteiger partial charge in [0.25, 0.3) is 0 Å². The second kappa shape index (κ2) is 6.88. The van der Waals surface area contributed by atoms with E-state index in [1.54, 1.807) is 13.8 Å². The molecule has 0 unspecified atom stereocenters. The van der Waals surface area contributed by atoms with Crippen molar-refractivity contribution >= 4 is 15.7 Å². The number of hydrogen-bond donors (Lipinski definition) is 1. The third-order valence-electron chi connectivity index (χ3n) is 3.10. The molecule has 0 bridgehead atoms. The van der Waals surface area contributed by atoms with Crippen LogP contribution < -0.4 is 5.73 Å². The van der Waals surface area contributed by atoms with Crippen molar-refractivity contribution in [3.63, 3.8) is 0 Å². The molecule has 1 aromatic heterocycles. The van der Waals surface area contributed by atoms with Crippen LogP contribution in [0, 0.1) is 0 Å². The van der Waals surface area contributed by atoms with Crippen molar-refractivity contribution in [3.05, 3.63) is 0 Å². The van der Waals surface area contributed by atoms with Gasteiger partial charge in [-0.1, -0.05) is 37.8 Å². The van der Waals surface area contributed by atoms with Crippen molar-refractivity contribution < 1.29 is 8.42 Å². The van der Waals surface area contributed by atoms with Crippen LogP contribution in [0.2, 0.25) is 0 Å². The fourth-order valence-corrected chi connectivity index (χ4v) is 2.75. The van der Waals surface area contributed by atoms with E-state index in [0.29, 0.717) is 6.54 Å². The lowest BCUT2D eigenvalue weighted by Gasteiger charge is -2.06. The van der Waals surface area contributed by atoms with E-state index in [0.717, 1.165) is 12.8 Å². The maximum Gasteiger partial charge on any atom is 0.221 e. The summed E-state index contributed by atoms with van der Waals surface area (Å²) in [5.74, 6) is 0.157. The van der Waals surface area contributed by atoms with Crippen molar-refractivity contribution in [1.29, 1.82) is 0 Å². The van der Waals surface area contributed by atoms with Gasteiger partial charge >= 0.3 is 0 Å². The van der Waals surface area contributed by atoms with Gasteiger partial charge in [0.15, 0.2) is 5.82 Å². The Morgan fingerprint density at radius 2 is 1.84 bits per heavy atom. The largest absolute Gasteiger partial charge is 0.381 e. The Balaban J connectivity index is 2.67. The summed E-state index contributed by atoms with van der Waals surface area (Å²) in [5, 5.41) is 6.94. The Hall–Kier alpha value is -1.11. The first kappa shape index (κ1) is 15.9. The zero-order valence-electron chi connectivity index (χ0n) is 12.0. The first-order valence-corrected chi connectivity index (χ1v) is 8.38. The van der Waals surface area contributed by atoms with Crippen molar-refractivity contribution in [2.45, 2.75) is 69.7 Å². The minimum atomic E-state index is -3.45. The van der Waals surface area contributed by atoms with Gasteiger partial charge in [0.1, 0.15) is 0 Å². The number of rotatable bonds is 8. The fraction of sp³-hybridized carbons (Fsp3) is 0.833. The maximum absolute atomic E-state index is 12.0. The first-order valence-electron chi connectivity index (χ1n) is 6.84. The second-order valence-electron chi connectivity index (χ2n) is 5.01. The van der Waals surface area contributed by atoms with Crippen molar-refractivity contribution in [2.24, 2.45) is 0 Å². The predicted octanol–water partition coefficient (Wildman–Crippen LogP) is 2.01. The summed E-state index contributed by atoms with van der Waals surface area (Å²) in [7, 11) is -3.45. The molecule has 0 aliphatic rings. The summed E-state index contributed by atoms with van der Waals surface area (Å²) >= 11 is 0. The molecular weight excluding hydrogens is 264 g/mol. The van der Waals surface area contributed by atoms with Crippen LogP contribution in [0.25, 0.3) is 0 Å². The summed E-state index contributed by atoms with van der Waals surface area (Å²) in [5.41, 5.74) is 5.83. The standard InChI is InChI=1S/C12H24N4O2S/c1-4-5-6-7-8-9-16-11(13)12(14-15-16)19(17,18)10(2)3/h10H,4-9,13H2,1-3H3. The Kier molecular flexibility index (Phi) is 5.78. The topological polar surface area (TPSA) is 90.9 Å².